The zero-order valence-corrected chi connectivity index (χ0v) is 52.5. The van der Waals surface area contributed by atoms with E-state index in [1.54, 1.807) is 157 Å². The molecule has 0 atom stereocenters. The Morgan fingerprint density at radius 3 is 1.12 bits per heavy atom. The van der Waals surface area contributed by atoms with Gasteiger partial charge in [-0.3, -0.25) is 28.2 Å². The lowest BCUT2D eigenvalue weighted by atomic mass is 10.0. The molecule has 0 bridgehead atoms. The van der Waals surface area contributed by atoms with Gasteiger partial charge in [0.05, 0.1) is 54.5 Å². The molecular formula is C48H79BBrF2N4O16P4. The Hall–Kier alpha value is -2.52. The third-order valence-corrected chi connectivity index (χ3v) is 22.3. The van der Waals surface area contributed by atoms with Gasteiger partial charge in [-0.15, -0.1) is 0 Å². The lowest BCUT2D eigenvalue weighted by molar-refractivity contribution is 0.0791. The maximum atomic E-state index is 17.6. The Bertz CT molecular complexity index is 2470. The van der Waals surface area contributed by atoms with Crippen LogP contribution in [0.1, 0.15) is 145 Å². The van der Waals surface area contributed by atoms with Crippen LogP contribution in [0.4, 0.5) is 8.78 Å². The minimum Gasteiger partial charge on any atom is -0.534 e. The smallest absolute Gasteiger partial charge is 0.534 e. The van der Waals surface area contributed by atoms with E-state index in [0.717, 1.165) is 0 Å². The fourth-order valence-corrected chi connectivity index (χ4v) is 18.4. The van der Waals surface area contributed by atoms with E-state index in [2.05, 4.69) is 40.9 Å². The fraction of sp³-hybridized carbons (Fsp3) is 0.667. The molecule has 20 nitrogen and oxygen atoms in total. The molecule has 28 heteroatoms. The Labute approximate surface area is 457 Å². The summed E-state index contributed by atoms with van der Waals surface area (Å²) in [4.78, 5) is 8.26. The SMILES string of the molecule is CC(C)OP(=O)(OC(C)C)C(F)(Cc1cncc(Br)c1)P(=O)(OC(C)C)OC(C)C.Cc1noc(C)c1-c1cncc(CC(F)(P(=O)(OC(C)C)OC(C)C)P(=O)(OC(C)C)OC(C)C)c1.Cc1noc(C)c1O[B]O. The van der Waals surface area contributed by atoms with E-state index in [-0.39, 0.29) is 5.56 Å². The molecule has 4 aromatic heterocycles. The second-order valence-electron chi connectivity index (χ2n) is 19.7. The van der Waals surface area contributed by atoms with E-state index < -0.39 is 102 Å². The summed E-state index contributed by atoms with van der Waals surface area (Å²) in [6, 6.07) is 3.24. The van der Waals surface area contributed by atoms with Crippen molar-refractivity contribution in [1.29, 1.82) is 0 Å². The third kappa shape index (κ3) is 19.1. The van der Waals surface area contributed by atoms with E-state index in [1.165, 1.54) is 18.6 Å². The van der Waals surface area contributed by atoms with Crippen LogP contribution in [0.2, 0.25) is 0 Å². The van der Waals surface area contributed by atoms with Crippen LogP contribution in [-0.4, -0.2) is 92.1 Å². The first-order chi connectivity index (χ1) is 34.9. The highest BCUT2D eigenvalue weighted by atomic mass is 79.9. The molecule has 4 aromatic rings. The minimum absolute atomic E-state index is 0.287. The van der Waals surface area contributed by atoms with E-state index in [1.807, 2.05) is 0 Å². The van der Waals surface area contributed by atoms with Crippen LogP contribution in [0.5, 0.6) is 5.75 Å². The number of hydrogen-bond acceptors (Lipinski definition) is 20. The molecule has 0 saturated carbocycles. The lowest BCUT2D eigenvalue weighted by Gasteiger charge is -2.39. The van der Waals surface area contributed by atoms with E-state index >= 15 is 8.78 Å². The normalized spacial score (nSPS) is 13.1. The maximum Gasteiger partial charge on any atom is 0.569 e. The Morgan fingerprint density at radius 2 is 0.842 bits per heavy atom. The van der Waals surface area contributed by atoms with Crippen LogP contribution in [0.15, 0.2) is 50.4 Å². The van der Waals surface area contributed by atoms with E-state index in [9.17, 15) is 18.3 Å². The largest absolute Gasteiger partial charge is 0.569 e. The van der Waals surface area contributed by atoms with Crippen molar-refractivity contribution >= 4 is 54.0 Å². The number of aromatic nitrogens is 4. The van der Waals surface area contributed by atoms with Gasteiger partial charge in [0.2, 0.25) is 0 Å². The topological polar surface area (TPSA) is 249 Å². The van der Waals surface area contributed by atoms with Crippen LogP contribution in [0.25, 0.3) is 11.1 Å². The molecule has 0 fully saturated rings. The molecular weight excluding hydrogens is 1140 g/mol. The Balaban J connectivity index is 0.000000444. The van der Waals surface area contributed by atoms with Gasteiger partial charge < -0.3 is 54.9 Å². The number of hydrogen-bond donors (Lipinski definition) is 1. The van der Waals surface area contributed by atoms with Gasteiger partial charge in [-0.05, 0) is 171 Å². The summed E-state index contributed by atoms with van der Waals surface area (Å²) in [5.74, 6) is 1.59. The molecule has 0 aliphatic heterocycles. The number of aryl methyl sites for hydroxylation is 4. The van der Waals surface area contributed by atoms with E-state index in [4.69, 9.17) is 50.3 Å². The molecule has 0 saturated heterocycles. The molecule has 1 radical (unpaired) electrons. The fourth-order valence-electron chi connectivity index (χ4n) is 7.04. The van der Waals surface area contributed by atoms with Gasteiger partial charge in [-0.25, -0.2) is 8.78 Å². The van der Waals surface area contributed by atoms with Crippen molar-refractivity contribution in [2.75, 3.05) is 0 Å². The number of halogens is 3. The molecule has 1 N–H and O–H groups in total. The molecule has 0 aromatic carbocycles. The standard InChI is InChI=1S/C24H39FN2O7P2.C19H33BrFNO6P2.C5H7BNO3/c1-15(2)31-35(28,32-16(3)4)24(25,36(29,33-17(5)6)34-18(7)8)12-21-11-22(14-26-13-21)23-19(9)27-30-20(23)10;1-13(2)25-29(23,26-14(3)4)19(21,10-17-9-18(20)12-22-11-17)30(24,27-15(5)6)28-16(7)8;1-3-5(9-6-8)4(2)10-7-3/h11,13-18H,12H2,1-10H3;9,11-16H,10H2,1-8H3;8H,1-2H3. The molecule has 0 unspecified atom stereocenters. The zero-order valence-electron chi connectivity index (χ0n) is 47.4. The predicted octanol–water partition coefficient (Wildman–Crippen LogP) is 14.9. The van der Waals surface area contributed by atoms with Crippen LogP contribution in [0, 0.1) is 27.7 Å². The summed E-state index contributed by atoms with van der Waals surface area (Å²) < 4.78 is 151. The first-order valence-corrected chi connectivity index (χ1v) is 31.7. The molecule has 4 rings (SSSR count). The summed E-state index contributed by atoms with van der Waals surface area (Å²) >= 11 is 3.28. The summed E-state index contributed by atoms with van der Waals surface area (Å²) in [6.45, 7) is 32.4. The molecule has 0 aliphatic carbocycles. The molecule has 0 aliphatic rings. The Morgan fingerprint density at radius 1 is 0.526 bits per heavy atom. The van der Waals surface area contributed by atoms with Crippen molar-refractivity contribution in [2.45, 2.75) is 210 Å². The van der Waals surface area contributed by atoms with Crippen LogP contribution >= 0.6 is 46.3 Å². The molecule has 76 heavy (non-hydrogen) atoms. The first kappa shape index (κ1) is 69.6. The van der Waals surface area contributed by atoms with Crippen molar-refractivity contribution in [3.05, 3.63) is 75.4 Å². The molecule has 431 valence electrons. The van der Waals surface area contributed by atoms with Crippen molar-refractivity contribution < 1.29 is 82.0 Å². The van der Waals surface area contributed by atoms with Crippen molar-refractivity contribution in [3.63, 3.8) is 0 Å². The monoisotopic (exact) mass is 1220 g/mol. The van der Waals surface area contributed by atoms with Crippen LogP contribution in [0.3, 0.4) is 0 Å². The van der Waals surface area contributed by atoms with Gasteiger partial charge in [0.25, 0.3) is 0 Å². The molecule has 4 heterocycles. The number of pyridine rings is 2. The zero-order chi connectivity index (χ0) is 58.4. The second-order valence-corrected chi connectivity index (χ2v) is 29.8. The Kier molecular flexibility index (Phi) is 27.3. The van der Waals surface area contributed by atoms with E-state index in [0.29, 0.717) is 57.5 Å². The first-order valence-electron chi connectivity index (χ1n) is 24.7. The highest BCUT2D eigenvalue weighted by molar-refractivity contribution is 9.10. The minimum atomic E-state index is -4.79. The summed E-state index contributed by atoms with van der Waals surface area (Å²) in [7, 11) is -18.3. The number of alkyl halides is 2. The van der Waals surface area contributed by atoms with Crippen LogP contribution < -0.4 is 4.65 Å². The lowest BCUT2D eigenvalue weighted by Crippen LogP contribution is -2.34. The van der Waals surface area contributed by atoms with Crippen molar-refractivity contribution in [2.24, 2.45) is 0 Å². The average molecular weight is 1220 g/mol. The van der Waals surface area contributed by atoms with Gasteiger partial charge in [-0.1, -0.05) is 10.3 Å². The quantitative estimate of drug-likeness (QED) is 0.0430. The van der Waals surface area contributed by atoms with Crippen molar-refractivity contribution in [1.82, 2.24) is 20.3 Å². The summed E-state index contributed by atoms with van der Waals surface area (Å²) in [5, 5.41) is 9.55. The number of rotatable bonds is 27. The summed E-state index contributed by atoms with van der Waals surface area (Å²) in [5.41, 5.74) is 3.19. The molecule has 0 amide bonds. The highest BCUT2D eigenvalue weighted by Gasteiger charge is 2.69. The molecule has 0 spiro atoms. The van der Waals surface area contributed by atoms with Gasteiger partial charge in [-0.2, -0.15) is 0 Å². The maximum absolute atomic E-state index is 17.6. The predicted molar refractivity (Wildman–Crippen MR) is 291 cm³/mol. The highest BCUT2D eigenvalue weighted by Crippen LogP contribution is 2.82. The third-order valence-electron chi connectivity index (χ3n) is 9.35. The van der Waals surface area contributed by atoms with Gasteiger partial charge >= 0.3 is 48.4 Å². The van der Waals surface area contributed by atoms with Gasteiger partial charge in [0.1, 0.15) is 11.5 Å². The van der Waals surface area contributed by atoms with Gasteiger partial charge in [0, 0.05) is 60.2 Å². The average Bonchev–Trinajstić information content (AvgIpc) is 3.75. The second kappa shape index (κ2) is 29.8. The van der Waals surface area contributed by atoms with Gasteiger partial charge in [0.15, 0.2) is 11.5 Å². The summed E-state index contributed by atoms with van der Waals surface area (Å²) in [6.07, 6.45) is -0.868. The van der Waals surface area contributed by atoms with Crippen molar-refractivity contribution in [3.8, 4) is 16.9 Å². The number of nitrogens with zero attached hydrogens (tertiary/aromatic N) is 4. The van der Waals surface area contributed by atoms with Crippen LogP contribution in [-0.2, 0) is 67.3 Å².